The van der Waals surface area contributed by atoms with Gasteiger partial charge >= 0.3 is 12.4 Å². The van der Waals surface area contributed by atoms with Crippen molar-refractivity contribution in [2.45, 2.75) is 69.4 Å². The summed E-state index contributed by atoms with van der Waals surface area (Å²) in [4.78, 5) is 0. The summed E-state index contributed by atoms with van der Waals surface area (Å²) in [6.45, 7) is 1.95. The molecule has 0 heterocycles. The quantitative estimate of drug-likeness (QED) is 0.298. The van der Waals surface area contributed by atoms with Gasteiger partial charge in [0.05, 0.1) is 0 Å². The number of aliphatic hydroxyl groups is 3. The molecule has 0 aliphatic rings. The Morgan fingerprint density at radius 1 is 0.879 bits per heavy atom. The van der Waals surface area contributed by atoms with Crippen LogP contribution in [-0.4, -0.2) is 33.3 Å². The fourth-order valence-corrected chi connectivity index (χ4v) is 3.47. The molecule has 0 radical (unpaired) electrons. The Labute approximate surface area is 187 Å². The molecule has 2 aromatic rings. The Morgan fingerprint density at radius 2 is 1.48 bits per heavy atom. The number of benzene rings is 2. The van der Waals surface area contributed by atoms with Gasteiger partial charge in [0, 0.05) is 5.56 Å². The van der Waals surface area contributed by atoms with Crippen LogP contribution >= 0.6 is 0 Å². The van der Waals surface area contributed by atoms with Gasteiger partial charge in [0.15, 0.2) is 6.29 Å². The molecule has 0 spiro atoms. The van der Waals surface area contributed by atoms with E-state index in [1.165, 1.54) is 12.1 Å². The normalized spacial score (nSPS) is 13.9. The van der Waals surface area contributed by atoms with Gasteiger partial charge in [-0.15, -0.1) is 0 Å². The van der Waals surface area contributed by atoms with Crippen LogP contribution in [0.5, 0.6) is 5.75 Å². The van der Waals surface area contributed by atoms with Crippen molar-refractivity contribution >= 4 is 0 Å². The first-order valence-corrected chi connectivity index (χ1v) is 10.3. The minimum Gasteiger partial charge on any atom is -0.489 e. The summed E-state index contributed by atoms with van der Waals surface area (Å²) in [6, 6.07) is 13.2. The zero-order chi connectivity index (χ0) is 24.9. The van der Waals surface area contributed by atoms with Gasteiger partial charge in [-0.05, 0) is 54.9 Å². The summed E-state index contributed by atoms with van der Waals surface area (Å²) >= 11 is 0. The lowest BCUT2D eigenvalue weighted by Crippen LogP contribution is -2.56. The molecule has 2 rings (SSSR count). The van der Waals surface area contributed by atoms with E-state index in [1.54, 1.807) is 43.3 Å². The topological polar surface area (TPSA) is 69.9 Å². The Kier molecular flexibility index (Phi) is 8.78. The molecule has 3 N–H and O–H groups in total. The highest BCUT2D eigenvalue weighted by atomic mass is 19.4. The Hall–Kier alpha value is -2.30. The van der Waals surface area contributed by atoms with Crippen molar-refractivity contribution < 1.29 is 46.4 Å². The molecule has 1 unspecified atom stereocenters. The van der Waals surface area contributed by atoms with E-state index in [9.17, 15) is 31.4 Å². The lowest BCUT2D eigenvalue weighted by Gasteiger charge is -2.32. The number of ether oxygens (including phenoxy) is 1. The van der Waals surface area contributed by atoms with E-state index in [0.717, 1.165) is 5.56 Å². The van der Waals surface area contributed by atoms with E-state index in [4.69, 9.17) is 14.9 Å². The molecule has 2 aromatic carbocycles. The Morgan fingerprint density at radius 3 is 2.00 bits per heavy atom. The number of halogens is 6. The van der Waals surface area contributed by atoms with Crippen LogP contribution < -0.4 is 4.74 Å². The number of aliphatic hydroxyl groups excluding tert-OH is 1. The Balaban J connectivity index is 2.02. The number of rotatable bonds is 10. The van der Waals surface area contributed by atoms with Gasteiger partial charge in [0.25, 0.3) is 5.60 Å². The molecule has 0 bridgehead atoms. The van der Waals surface area contributed by atoms with Crippen molar-refractivity contribution in [1.29, 1.82) is 0 Å². The van der Waals surface area contributed by atoms with Gasteiger partial charge in [-0.3, -0.25) is 0 Å². The first kappa shape index (κ1) is 26.9. The van der Waals surface area contributed by atoms with Crippen LogP contribution in [0.15, 0.2) is 48.5 Å². The van der Waals surface area contributed by atoms with Gasteiger partial charge in [-0.2, -0.15) is 26.3 Å². The highest BCUT2D eigenvalue weighted by Gasteiger charge is 2.69. The number of hydrogen-bond acceptors (Lipinski definition) is 4. The van der Waals surface area contributed by atoms with E-state index in [2.05, 4.69) is 0 Å². The smallest absolute Gasteiger partial charge is 0.426 e. The molecule has 0 fully saturated rings. The standard InChI is InChI=1S/C23H26F6O4/c1-2-16(6-4-12-21(32,22(24,25)26)23(27,28)29)18-5-3-7-19(13-18)33-14-15-8-10-17(11-9-15)20(30)31/h3,5,7-11,13,16,20,30-32H,2,4,6,12,14H2,1H3. The molecule has 0 saturated heterocycles. The van der Waals surface area contributed by atoms with Crippen LogP contribution in [0.3, 0.4) is 0 Å². The minimum atomic E-state index is -5.81. The van der Waals surface area contributed by atoms with Crippen molar-refractivity contribution in [3.05, 3.63) is 65.2 Å². The van der Waals surface area contributed by atoms with Gasteiger partial charge in [0.2, 0.25) is 0 Å². The fraction of sp³-hybridized carbons (Fsp3) is 0.478. The number of alkyl halides is 6. The predicted molar refractivity (Wildman–Crippen MR) is 108 cm³/mol. The summed E-state index contributed by atoms with van der Waals surface area (Å²) in [5.41, 5.74) is -2.94. The molecule has 4 nitrogen and oxygen atoms in total. The lowest BCUT2D eigenvalue weighted by molar-refractivity contribution is -0.370. The third-order valence-corrected chi connectivity index (χ3v) is 5.53. The van der Waals surface area contributed by atoms with E-state index < -0.39 is 37.1 Å². The molecular formula is C23H26F6O4. The monoisotopic (exact) mass is 480 g/mol. The molecule has 0 aliphatic carbocycles. The van der Waals surface area contributed by atoms with Crippen LogP contribution in [0, 0.1) is 0 Å². The molecule has 0 saturated carbocycles. The first-order valence-electron chi connectivity index (χ1n) is 10.3. The third kappa shape index (κ3) is 6.84. The Bertz CT molecular complexity index is 864. The van der Waals surface area contributed by atoms with Gasteiger partial charge < -0.3 is 20.1 Å². The van der Waals surface area contributed by atoms with Crippen molar-refractivity contribution in [1.82, 2.24) is 0 Å². The SMILES string of the molecule is CCC(CCCC(O)(C(F)(F)F)C(F)(F)F)c1cccc(OCc2ccc(C(O)O)cc2)c1. The molecule has 0 aromatic heterocycles. The largest absolute Gasteiger partial charge is 0.489 e. The van der Waals surface area contributed by atoms with Crippen molar-refractivity contribution in [3.63, 3.8) is 0 Å². The highest BCUT2D eigenvalue weighted by molar-refractivity contribution is 5.31. The zero-order valence-electron chi connectivity index (χ0n) is 17.8. The second kappa shape index (κ2) is 10.8. The highest BCUT2D eigenvalue weighted by Crippen LogP contribution is 2.46. The minimum absolute atomic E-state index is 0.0272. The van der Waals surface area contributed by atoms with Crippen molar-refractivity contribution in [3.8, 4) is 5.75 Å². The molecule has 1 atom stereocenters. The summed E-state index contributed by atoms with van der Waals surface area (Å²) in [5, 5.41) is 27.5. The second-order valence-electron chi connectivity index (χ2n) is 7.83. The number of hydrogen-bond donors (Lipinski definition) is 3. The second-order valence-corrected chi connectivity index (χ2v) is 7.83. The van der Waals surface area contributed by atoms with Gasteiger partial charge in [0.1, 0.15) is 12.4 Å². The summed E-state index contributed by atoms with van der Waals surface area (Å²) in [6.07, 6.45) is -14.6. The van der Waals surface area contributed by atoms with Crippen LogP contribution in [0.2, 0.25) is 0 Å². The van der Waals surface area contributed by atoms with Crippen LogP contribution in [0.25, 0.3) is 0 Å². The molecular weight excluding hydrogens is 454 g/mol. The van der Waals surface area contributed by atoms with Crippen LogP contribution in [-0.2, 0) is 6.61 Å². The van der Waals surface area contributed by atoms with E-state index in [1.807, 2.05) is 0 Å². The maximum atomic E-state index is 12.9. The van der Waals surface area contributed by atoms with Crippen LogP contribution in [0.1, 0.15) is 61.5 Å². The molecule has 33 heavy (non-hydrogen) atoms. The van der Waals surface area contributed by atoms with Gasteiger partial charge in [-0.25, -0.2) is 0 Å². The maximum absolute atomic E-state index is 12.9. The van der Waals surface area contributed by atoms with Crippen molar-refractivity contribution in [2.75, 3.05) is 0 Å². The summed E-state index contributed by atoms with van der Waals surface area (Å²) < 4.78 is 82.9. The average molecular weight is 480 g/mol. The molecule has 0 amide bonds. The third-order valence-electron chi connectivity index (χ3n) is 5.53. The maximum Gasteiger partial charge on any atom is 0.426 e. The van der Waals surface area contributed by atoms with E-state index in [-0.39, 0.29) is 18.9 Å². The van der Waals surface area contributed by atoms with Crippen molar-refractivity contribution in [2.24, 2.45) is 0 Å². The molecule has 0 aliphatic heterocycles. The summed E-state index contributed by atoms with van der Waals surface area (Å²) in [5.74, 6) is 0.156. The fourth-order valence-electron chi connectivity index (χ4n) is 3.47. The lowest BCUT2D eigenvalue weighted by atomic mass is 9.87. The van der Waals surface area contributed by atoms with Gasteiger partial charge in [-0.1, -0.05) is 43.3 Å². The van der Waals surface area contributed by atoms with Crippen LogP contribution in [0.4, 0.5) is 26.3 Å². The van der Waals surface area contributed by atoms with E-state index >= 15 is 0 Å². The summed E-state index contributed by atoms with van der Waals surface area (Å²) in [7, 11) is 0. The average Bonchev–Trinajstić information content (AvgIpc) is 2.74. The molecule has 10 heteroatoms. The molecule has 184 valence electrons. The van der Waals surface area contributed by atoms with E-state index in [0.29, 0.717) is 23.3 Å². The predicted octanol–water partition coefficient (Wildman–Crippen LogP) is 5.77. The first-order chi connectivity index (χ1) is 15.3. The zero-order valence-corrected chi connectivity index (χ0v) is 17.8.